The smallest absolute Gasteiger partial charge is 0.167 e. The molecular weight excluding hydrogens is 399 g/mol. The van der Waals surface area contributed by atoms with Gasteiger partial charge in [0.15, 0.2) is 11.6 Å². The summed E-state index contributed by atoms with van der Waals surface area (Å²) in [5, 5.41) is 0. The number of rotatable bonds is 7. The highest BCUT2D eigenvalue weighted by Crippen LogP contribution is 2.47. The molecule has 1 saturated carbocycles. The Morgan fingerprint density at radius 1 is 1.16 bits per heavy atom. The van der Waals surface area contributed by atoms with Crippen LogP contribution >= 0.6 is 0 Å². The molecule has 1 atom stereocenters. The Labute approximate surface area is 191 Å². The van der Waals surface area contributed by atoms with Gasteiger partial charge in [-0.15, -0.1) is 0 Å². The van der Waals surface area contributed by atoms with Crippen molar-refractivity contribution in [2.45, 2.75) is 72.1 Å². The molecule has 0 heterocycles. The molecule has 0 spiro atoms. The molecule has 2 nitrogen and oxygen atoms in total. The van der Waals surface area contributed by atoms with E-state index in [9.17, 15) is 14.0 Å². The lowest BCUT2D eigenvalue weighted by Crippen LogP contribution is -2.14. The fraction of sp³-hybridized carbons (Fsp3) is 0.448. The molecule has 0 radical (unpaired) electrons. The van der Waals surface area contributed by atoms with Gasteiger partial charge in [-0.1, -0.05) is 44.1 Å². The maximum atomic E-state index is 14.9. The van der Waals surface area contributed by atoms with E-state index < -0.39 is 0 Å². The molecule has 0 aliphatic heterocycles. The molecular formula is C29H33FO2. The monoisotopic (exact) mass is 432 g/mol. The lowest BCUT2D eigenvalue weighted by Gasteiger charge is -2.21. The quantitative estimate of drug-likeness (QED) is 0.340. The molecule has 0 aromatic heterocycles. The third kappa shape index (κ3) is 4.62. The first-order chi connectivity index (χ1) is 15.4. The van der Waals surface area contributed by atoms with Crippen molar-refractivity contribution in [2.24, 2.45) is 11.8 Å². The summed E-state index contributed by atoms with van der Waals surface area (Å²) in [5.74, 6) is 0.142. The van der Waals surface area contributed by atoms with Gasteiger partial charge in [-0.25, -0.2) is 4.39 Å². The molecule has 168 valence electrons. The number of halogens is 1. The summed E-state index contributed by atoms with van der Waals surface area (Å²) in [6.45, 7) is 5.74. The number of Topliss-reactive ketones (excluding diaryl/α,β-unsaturated/α-hetero) is 2. The Hall–Kier alpha value is -2.55. The Bertz CT molecular complexity index is 1060. The summed E-state index contributed by atoms with van der Waals surface area (Å²) in [6, 6.07) is 5.63. The Morgan fingerprint density at radius 3 is 2.59 bits per heavy atom. The summed E-state index contributed by atoms with van der Waals surface area (Å²) in [7, 11) is 0. The van der Waals surface area contributed by atoms with E-state index in [4.69, 9.17) is 0 Å². The van der Waals surface area contributed by atoms with Crippen molar-refractivity contribution in [2.75, 3.05) is 0 Å². The van der Waals surface area contributed by atoms with E-state index in [1.165, 1.54) is 12.5 Å². The van der Waals surface area contributed by atoms with Gasteiger partial charge in [0.1, 0.15) is 5.82 Å². The summed E-state index contributed by atoms with van der Waals surface area (Å²) in [5.41, 5.74) is 6.48. The largest absolute Gasteiger partial charge is 0.294 e. The molecule has 3 heteroatoms. The second-order valence-electron chi connectivity index (χ2n) is 9.52. The Kier molecular flexibility index (Phi) is 6.74. The van der Waals surface area contributed by atoms with Crippen LogP contribution in [-0.2, 0) is 16.0 Å². The first-order valence-corrected chi connectivity index (χ1v) is 12.1. The normalized spacial score (nSPS) is 21.3. The molecule has 3 aliphatic carbocycles. The van der Waals surface area contributed by atoms with Gasteiger partial charge in [0.25, 0.3) is 0 Å². The third-order valence-electron chi connectivity index (χ3n) is 7.07. The van der Waals surface area contributed by atoms with Crippen molar-refractivity contribution in [1.29, 1.82) is 0 Å². The zero-order valence-electron chi connectivity index (χ0n) is 19.5. The summed E-state index contributed by atoms with van der Waals surface area (Å²) < 4.78 is 14.9. The van der Waals surface area contributed by atoms with Gasteiger partial charge in [-0.2, -0.15) is 0 Å². The molecule has 0 N–H and O–H groups in total. The second-order valence-corrected chi connectivity index (χ2v) is 9.52. The zero-order chi connectivity index (χ0) is 22.8. The van der Waals surface area contributed by atoms with Crippen LogP contribution in [0, 0.1) is 17.7 Å². The number of benzene rings is 1. The minimum Gasteiger partial charge on any atom is -0.294 e. The van der Waals surface area contributed by atoms with Gasteiger partial charge >= 0.3 is 0 Å². The molecule has 1 unspecified atom stereocenters. The van der Waals surface area contributed by atoms with E-state index >= 15 is 0 Å². The third-order valence-corrected chi connectivity index (χ3v) is 7.07. The number of allylic oxidation sites excluding steroid dienone is 8. The highest BCUT2D eigenvalue weighted by atomic mass is 19.1. The minimum absolute atomic E-state index is 0.0530. The van der Waals surface area contributed by atoms with Crippen LogP contribution in [0.1, 0.15) is 76.8 Å². The van der Waals surface area contributed by atoms with Crippen LogP contribution in [0.2, 0.25) is 0 Å². The van der Waals surface area contributed by atoms with Crippen LogP contribution < -0.4 is 0 Å². The van der Waals surface area contributed by atoms with Gasteiger partial charge in [-0.05, 0) is 103 Å². The average Bonchev–Trinajstić information content (AvgIpc) is 3.59. The van der Waals surface area contributed by atoms with E-state index in [0.717, 1.165) is 72.8 Å². The number of hydrogen-bond acceptors (Lipinski definition) is 2. The lowest BCUT2D eigenvalue weighted by molar-refractivity contribution is -0.120. The average molecular weight is 433 g/mol. The number of carbonyl (C=O) groups excluding carboxylic acids is 2. The van der Waals surface area contributed by atoms with Crippen molar-refractivity contribution in [3.05, 3.63) is 75.7 Å². The SMILES string of the molecule is CCCCCc1ccc(C2=C(C)C3=C(C4CC4)C=C(C(C)=O)C(=O)CC3CC=C2)cc1F. The van der Waals surface area contributed by atoms with Gasteiger partial charge in [0, 0.05) is 6.42 Å². The predicted molar refractivity (Wildman–Crippen MR) is 128 cm³/mol. The number of unbranched alkanes of at least 4 members (excludes halogenated alkanes) is 2. The van der Waals surface area contributed by atoms with Gasteiger partial charge in [-0.3, -0.25) is 9.59 Å². The molecule has 0 amide bonds. The molecule has 0 saturated heterocycles. The number of carbonyl (C=O) groups is 2. The Morgan fingerprint density at radius 2 is 1.94 bits per heavy atom. The topological polar surface area (TPSA) is 34.1 Å². The van der Waals surface area contributed by atoms with E-state index in [1.807, 2.05) is 18.2 Å². The molecule has 1 fully saturated rings. The maximum Gasteiger partial charge on any atom is 0.167 e. The van der Waals surface area contributed by atoms with E-state index in [1.54, 1.807) is 6.07 Å². The summed E-state index contributed by atoms with van der Waals surface area (Å²) >= 11 is 0. The first kappa shape index (κ1) is 22.6. The van der Waals surface area contributed by atoms with Gasteiger partial charge in [0.05, 0.1) is 5.57 Å². The van der Waals surface area contributed by atoms with Crippen LogP contribution in [0.4, 0.5) is 4.39 Å². The fourth-order valence-corrected chi connectivity index (χ4v) is 5.16. The van der Waals surface area contributed by atoms with Crippen molar-refractivity contribution in [1.82, 2.24) is 0 Å². The second kappa shape index (κ2) is 9.52. The standard InChI is InChI=1S/C29H33FO2/c1-4-5-6-8-21-13-14-22(15-27(21)30)24-10-7-9-23-16-28(32)25(19(3)31)17-26(20-11-12-20)29(23)18(24)2/h7,10,13-15,17,20,23H,4-6,8-9,11-12,16H2,1-3H3. The Balaban J connectivity index is 1.79. The van der Waals surface area contributed by atoms with Crippen molar-refractivity contribution in [3.8, 4) is 0 Å². The molecule has 1 aromatic carbocycles. The minimum atomic E-state index is -0.150. The lowest BCUT2D eigenvalue weighted by atomic mass is 9.83. The highest BCUT2D eigenvalue weighted by Gasteiger charge is 2.36. The van der Waals surface area contributed by atoms with Crippen LogP contribution in [0.3, 0.4) is 0 Å². The van der Waals surface area contributed by atoms with E-state index in [-0.39, 0.29) is 23.3 Å². The molecule has 32 heavy (non-hydrogen) atoms. The molecule has 3 aliphatic rings. The van der Waals surface area contributed by atoms with E-state index in [0.29, 0.717) is 17.9 Å². The summed E-state index contributed by atoms with van der Waals surface area (Å²) in [4.78, 5) is 25.0. The summed E-state index contributed by atoms with van der Waals surface area (Å²) in [6.07, 6.45) is 13.4. The number of aryl methyl sites for hydroxylation is 1. The number of fused-ring (bicyclic) bond motifs is 1. The molecule has 0 bridgehead atoms. The zero-order valence-corrected chi connectivity index (χ0v) is 19.5. The highest BCUT2D eigenvalue weighted by molar-refractivity contribution is 6.20. The van der Waals surface area contributed by atoms with Crippen molar-refractivity contribution >= 4 is 17.1 Å². The van der Waals surface area contributed by atoms with Crippen LogP contribution in [0.15, 0.2) is 58.7 Å². The maximum absolute atomic E-state index is 14.9. The molecule has 1 aromatic rings. The van der Waals surface area contributed by atoms with Crippen LogP contribution in [-0.4, -0.2) is 11.6 Å². The number of ketones is 2. The van der Waals surface area contributed by atoms with Gasteiger partial charge < -0.3 is 0 Å². The van der Waals surface area contributed by atoms with Crippen LogP contribution in [0.25, 0.3) is 5.57 Å². The van der Waals surface area contributed by atoms with Crippen molar-refractivity contribution < 1.29 is 14.0 Å². The van der Waals surface area contributed by atoms with E-state index in [2.05, 4.69) is 26.0 Å². The van der Waals surface area contributed by atoms with Crippen LogP contribution in [0.5, 0.6) is 0 Å². The number of hydrogen-bond donors (Lipinski definition) is 0. The first-order valence-electron chi connectivity index (χ1n) is 12.1. The molecule has 4 rings (SSSR count). The van der Waals surface area contributed by atoms with Gasteiger partial charge in [0.2, 0.25) is 0 Å². The fourth-order valence-electron chi connectivity index (χ4n) is 5.16. The van der Waals surface area contributed by atoms with Crippen molar-refractivity contribution in [3.63, 3.8) is 0 Å². The predicted octanol–water partition coefficient (Wildman–Crippen LogP) is 7.10.